The lowest BCUT2D eigenvalue weighted by atomic mass is 10.2. The molecule has 1 aromatic heterocycles. The third-order valence-corrected chi connectivity index (χ3v) is 3.63. The molecule has 0 spiro atoms. The summed E-state index contributed by atoms with van der Waals surface area (Å²) in [6, 6.07) is 1.15. The minimum absolute atomic E-state index is 0.450. The number of nitrogens with zero attached hydrogens (tertiary/aromatic N) is 3. The summed E-state index contributed by atoms with van der Waals surface area (Å²) in [6.45, 7) is 11.1. The van der Waals surface area contributed by atoms with Gasteiger partial charge >= 0.3 is 0 Å². The van der Waals surface area contributed by atoms with Gasteiger partial charge in [0.25, 0.3) is 0 Å². The Morgan fingerprint density at radius 2 is 2.39 bits per heavy atom. The highest BCUT2D eigenvalue weighted by atomic mass is 15.3. The Bertz CT molecular complexity index is 352. The van der Waals surface area contributed by atoms with Crippen LogP contribution < -0.4 is 5.32 Å². The molecule has 0 saturated carbocycles. The fourth-order valence-electron chi connectivity index (χ4n) is 2.60. The third-order valence-electron chi connectivity index (χ3n) is 3.63. The van der Waals surface area contributed by atoms with E-state index >= 15 is 0 Å². The van der Waals surface area contributed by atoms with E-state index in [0.717, 1.165) is 19.6 Å². The van der Waals surface area contributed by atoms with E-state index in [2.05, 4.69) is 42.3 Å². The second kappa shape index (κ2) is 6.34. The van der Waals surface area contributed by atoms with Crippen LogP contribution in [0.5, 0.6) is 0 Å². The molecule has 4 nitrogen and oxygen atoms in total. The van der Waals surface area contributed by atoms with E-state index in [-0.39, 0.29) is 0 Å². The van der Waals surface area contributed by atoms with Gasteiger partial charge in [0.05, 0.1) is 6.20 Å². The summed E-state index contributed by atoms with van der Waals surface area (Å²) >= 11 is 0. The molecule has 1 aliphatic rings. The zero-order valence-corrected chi connectivity index (χ0v) is 11.9. The normalized spacial score (nSPS) is 20.2. The standard InChI is InChI=1S/C14H26N4/c1-4-7-17(14-5-6-15-9-14)10-13-8-16-18(11-13)12(2)3/h8,11-12,14-15H,4-7,9-10H2,1-3H3. The summed E-state index contributed by atoms with van der Waals surface area (Å²) < 4.78 is 2.05. The summed E-state index contributed by atoms with van der Waals surface area (Å²) in [7, 11) is 0. The number of aromatic nitrogens is 2. The fraction of sp³-hybridized carbons (Fsp3) is 0.786. The Hall–Kier alpha value is -0.870. The van der Waals surface area contributed by atoms with Crippen LogP contribution in [0.1, 0.15) is 45.2 Å². The van der Waals surface area contributed by atoms with Gasteiger partial charge in [-0.25, -0.2) is 0 Å². The van der Waals surface area contributed by atoms with Gasteiger partial charge in [-0.1, -0.05) is 6.92 Å². The van der Waals surface area contributed by atoms with Gasteiger partial charge in [-0.2, -0.15) is 5.10 Å². The van der Waals surface area contributed by atoms with Gasteiger partial charge in [-0.3, -0.25) is 9.58 Å². The van der Waals surface area contributed by atoms with E-state index in [1.54, 1.807) is 0 Å². The van der Waals surface area contributed by atoms with Crippen LogP contribution in [-0.4, -0.2) is 40.4 Å². The molecule has 102 valence electrons. The molecule has 0 bridgehead atoms. The molecule has 1 saturated heterocycles. The predicted molar refractivity (Wildman–Crippen MR) is 74.6 cm³/mol. The summed E-state index contributed by atoms with van der Waals surface area (Å²) in [5.74, 6) is 0. The van der Waals surface area contributed by atoms with Crippen molar-refractivity contribution in [3.8, 4) is 0 Å². The first-order valence-electron chi connectivity index (χ1n) is 7.18. The molecular weight excluding hydrogens is 224 g/mol. The Morgan fingerprint density at radius 1 is 1.56 bits per heavy atom. The molecule has 1 fully saturated rings. The topological polar surface area (TPSA) is 33.1 Å². The highest BCUT2D eigenvalue weighted by Gasteiger charge is 2.22. The van der Waals surface area contributed by atoms with Crippen LogP contribution >= 0.6 is 0 Å². The average molecular weight is 250 g/mol. The van der Waals surface area contributed by atoms with Crippen LogP contribution in [-0.2, 0) is 6.54 Å². The molecular formula is C14H26N4. The smallest absolute Gasteiger partial charge is 0.0534 e. The summed E-state index contributed by atoms with van der Waals surface area (Å²) in [5.41, 5.74) is 1.34. The minimum atomic E-state index is 0.450. The van der Waals surface area contributed by atoms with Gasteiger partial charge in [0, 0.05) is 36.9 Å². The zero-order chi connectivity index (χ0) is 13.0. The molecule has 4 heteroatoms. The molecule has 1 aromatic rings. The maximum absolute atomic E-state index is 4.43. The largest absolute Gasteiger partial charge is 0.315 e. The molecule has 1 N–H and O–H groups in total. The Morgan fingerprint density at radius 3 is 2.94 bits per heavy atom. The number of rotatable bonds is 6. The molecule has 1 aliphatic heterocycles. The van der Waals surface area contributed by atoms with Crippen molar-refractivity contribution in [2.24, 2.45) is 0 Å². The van der Waals surface area contributed by atoms with Gasteiger partial charge in [-0.15, -0.1) is 0 Å². The maximum Gasteiger partial charge on any atom is 0.0534 e. The van der Waals surface area contributed by atoms with Crippen LogP contribution in [0.3, 0.4) is 0 Å². The van der Waals surface area contributed by atoms with Crippen molar-refractivity contribution >= 4 is 0 Å². The zero-order valence-electron chi connectivity index (χ0n) is 11.9. The van der Waals surface area contributed by atoms with Gasteiger partial charge in [0.15, 0.2) is 0 Å². The van der Waals surface area contributed by atoms with Crippen molar-refractivity contribution in [3.63, 3.8) is 0 Å². The average Bonchev–Trinajstić information content (AvgIpc) is 2.99. The van der Waals surface area contributed by atoms with Gasteiger partial charge in [0.2, 0.25) is 0 Å². The first-order valence-corrected chi connectivity index (χ1v) is 7.18. The van der Waals surface area contributed by atoms with E-state index in [1.165, 1.54) is 24.9 Å². The highest BCUT2D eigenvalue weighted by Crippen LogP contribution is 2.14. The van der Waals surface area contributed by atoms with Crippen molar-refractivity contribution in [3.05, 3.63) is 18.0 Å². The van der Waals surface area contributed by atoms with E-state index in [0.29, 0.717) is 12.1 Å². The number of nitrogens with one attached hydrogen (secondary N) is 1. The maximum atomic E-state index is 4.43. The van der Waals surface area contributed by atoms with Crippen LogP contribution in [0.25, 0.3) is 0 Å². The summed E-state index contributed by atoms with van der Waals surface area (Å²) in [5, 5.41) is 7.89. The fourth-order valence-corrected chi connectivity index (χ4v) is 2.60. The number of hydrogen-bond acceptors (Lipinski definition) is 3. The van der Waals surface area contributed by atoms with Crippen LogP contribution in [0.15, 0.2) is 12.4 Å². The van der Waals surface area contributed by atoms with Crippen molar-refractivity contribution in [2.75, 3.05) is 19.6 Å². The lowest BCUT2D eigenvalue weighted by Gasteiger charge is -2.27. The Balaban J connectivity index is 1.98. The van der Waals surface area contributed by atoms with Gasteiger partial charge in [-0.05, 0) is 39.8 Å². The molecule has 1 unspecified atom stereocenters. The van der Waals surface area contributed by atoms with E-state index in [9.17, 15) is 0 Å². The van der Waals surface area contributed by atoms with Gasteiger partial charge in [0.1, 0.15) is 0 Å². The molecule has 0 aliphatic carbocycles. The SMILES string of the molecule is CCCN(Cc1cnn(C(C)C)c1)C1CCNC1. The third kappa shape index (κ3) is 3.33. The van der Waals surface area contributed by atoms with Crippen LogP contribution in [0.4, 0.5) is 0 Å². The van der Waals surface area contributed by atoms with Crippen molar-refractivity contribution in [1.82, 2.24) is 20.0 Å². The molecule has 1 atom stereocenters. The van der Waals surface area contributed by atoms with E-state index in [1.807, 2.05) is 10.9 Å². The molecule has 0 aromatic carbocycles. The Kier molecular flexibility index (Phi) is 4.78. The lowest BCUT2D eigenvalue weighted by Crippen LogP contribution is -2.36. The van der Waals surface area contributed by atoms with E-state index < -0.39 is 0 Å². The number of hydrogen-bond donors (Lipinski definition) is 1. The Labute approximate surface area is 110 Å². The molecule has 18 heavy (non-hydrogen) atoms. The lowest BCUT2D eigenvalue weighted by molar-refractivity contribution is 0.199. The molecule has 2 heterocycles. The molecule has 0 amide bonds. The second-order valence-electron chi connectivity index (χ2n) is 5.54. The predicted octanol–water partition coefficient (Wildman–Crippen LogP) is 2.04. The van der Waals surface area contributed by atoms with Crippen molar-refractivity contribution in [1.29, 1.82) is 0 Å². The first-order chi connectivity index (χ1) is 8.70. The highest BCUT2D eigenvalue weighted by molar-refractivity contribution is 5.05. The summed E-state index contributed by atoms with van der Waals surface area (Å²) in [4.78, 5) is 2.60. The van der Waals surface area contributed by atoms with Crippen LogP contribution in [0.2, 0.25) is 0 Å². The molecule has 0 radical (unpaired) electrons. The monoisotopic (exact) mass is 250 g/mol. The van der Waals surface area contributed by atoms with Gasteiger partial charge < -0.3 is 5.32 Å². The molecule has 2 rings (SSSR count). The quantitative estimate of drug-likeness (QED) is 0.838. The second-order valence-corrected chi connectivity index (χ2v) is 5.54. The van der Waals surface area contributed by atoms with E-state index in [4.69, 9.17) is 0 Å². The first kappa shape index (κ1) is 13.6. The van der Waals surface area contributed by atoms with Crippen LogP contribution in [0, 0.1) is 0 Å². The van der Waals surface area contributed by atoms with Crippen molar-refractivity contribution < 1.29 is 0 Å². The summed E-state index contributed by atoms with van der Waals surface area (Å²) in [6.07, 6.45) is 6.70. The minimum Gasteiger partial charge on any atom is -0.315 e. The van der Waals surface area contributed by atoms with Crippen molar-refractivity contribution in [2.45, 2.75) is 52.2 Å².